The van der Waals surface area contributed by atoms with Gasteiger partial charge in [0.2, 0.25) is 0 Å². The molecule has 0 unspecified atom stereocenters. The maximum absolute atomic E-state index is 11.7. The first-order valence-electron chi connectivity index (χ1n) is 5.35. The van der Waals surface area contributed by atoms with Gasteiger partial charge in [-0.2, -0.15) is 0 Å². The SMILES string of the molecule is NNc1ccccc1C(=O)NCCOCC(F)F. The zero-order valence-electron chi connectivity index (χ0n) is 9.66. The highest BCUT2D eigenvalue weighted by molar-refractivity contribution is 5.99. The van der Waals surface area contributed by atoms with Crippen LogP contribution in [-0.4, -0.2) is 32.1 Å². The molecule has 0 aliphatic heterocycles. The number of carbonyl (C=O) groups excluding carboxylic acids is 1. The average Bonchev–Trinajstić information content (AvgIpc) is 2.37. The van der Waals surface area contributed by atoms with Gasteiger partial charge in [0.15, 0.2) is 0 Å². The number of rotatable bonds is 7. The van der Waals surface area contributed by atoms with E-state index in [1.54, 1.807) is 24.3 Å². The van der Waals surface area contributed by atoms with Crippen LogP contribution in [0.3, 0.4) is 0 Å². The molecule has 0 bridgehead atoms. The third-order valence-corrected chi connectivity index (χ3v) is 2.10. The maximum Gasteiger partial charge on any atom is 0.261 e. The second-order valence-corrected chi connectivity index (χ2v) is 3.41. The highest BCUT2D eigenvalue weighted by Gasteiger charge is 2.09. The Hall–Kier alpha value is -1.73. The number of hydrazine groups is 1. The predicted octanol–water partition coefficient (Wildman–Crippen LogP) is 0.984. The van der Waals surface area contributed by atoms with Crippen molar-refractivity contribution in [1.82, 2.24) is 5.32 Å². The van der Waals surface area contributed by atoms with Crippen molar-refractivity contribution < 1.29 is 18.3 Å². The smallest absolute Gasteiger partial charge is 0.261 e. The second kappa shape index (κ2) is 7.57. The summed E-state index contributed by atoms with van der Waals surface area (Å²) in [5.41, 5.74) is 3.27. The van der Waals surface area contributed by atoms with Gasteiger partial charge in [0.1, 0.15) is 6.61 Å². The van der Waals surface area contributed by atoms with E-state index in [0.29, 0.717) is 11.3 Å². The average molecular weight is 259 g/mol. The van der Waals surface area contributed by atoms with Crippen molar-refractivity contribution in [1.29, 1.82) is 0 Å². The normalized spacial score (nSPS) is 10.4. The van der Waals surface area contributed by atoms with Crippen LogP contribution in [0.25, 0.3) is 0 Å². The Bertz CT molecular complexity index is 388. The lowest BCUT2D eigenvalue weighted by Crippen LogP contribution is -2.28. The molecule has 0 aromatic heterocycles. The Morgan fingerprint density at radius 2 is 2.11 bits per heavy atom. The maximum atomic E-state index is 11.7. The fraction of sp³-hybridized carbons (Fsp3) is 0.364. The lowest BCUT2D eigenvalue weighted by Gasteiger charge is -2.09. The molecular weight excluding hydrogens is 244 g/mol. The monoisotopic (exact) mass is 259 g/mol. The van der Waals surface area contributed by atoms with Gasteiger partial charge in [-0.1, -0.05) is 12.1 Å². The number of ether oxygens (including phenoxy) is 1. The van der Waals surface area contributed by atoms with Crippen molar-refractivity contribution in [2.75, 3.05) is 25.2 Å². The predicted molar refractivity (Wildman–Crippen MR) is 63.4 cm³/mol. The minimum atomic E-state index is -2.50. The molecule has 0 fully saturated rings. The van der Waals surface area contributed by atoms with Gasteiger partial charge in [-0.3, -0.25) is 10.6 Å². The van der Waals surface area contributed by atoms with Crippen LogP contribution < -0.4 is 16.6 Å². The molecule has 0 radical (unpaired) electrons. The number of halogens is 2. The van der Waals surface area contributed by atoms with E-state index in [0.717, 1.165) is 0 Å². The minimum absolute atomic E-state index is 0.0360. The van der Waals surface area contributed by atoms with Crippen molar-refractivity contribution in [2.24, 2.45) is 5.84 Å². The summed E-state index contributed by atoms with van der Waals surface area (Å²) in [7, 11) is 0. The van der Waals surface area contributed by atoms with Gasteiger partial charge < -0.3 is 15.5 Å². The molecule has 0 saturated carbocycles. The summed E-state index contributed by atoms with van der Waals surface area (Å²) in [6, 6.07) is 6.69. The molecule has 0 aliphatic rings. The molecule has 7 heteroatoms. The van der Waals surface area contributed by atoms with Crippen LogP contribution in [0.4, 0.5) is 14.5 Å². The molecule has 0 atom stereocenters. The summed E-state index contributed by atoms with van der Waals surface area (Å²) in [5.74, 6) is 4.92. The van der Waals surface area contributed by atoms with E-state index in [1.165, 1.54) is 0 Å². The Balaban J connectivity index is 2.36. The molecular formula is C11H15F2N3O2. The molecule has 5 nitrogen and oxygen atoms in total. The van der Waals surface area contributed by atoms with Gasteiger partial charge >= 0.3 is 0 Å². The first-order valence-corrected chi connectivity index (χ1v) is 5.35. The lowest BCUT2D eigenvalue weighted by molar-refractivity contribution is 0.0188. The van der Waals surface area contributed by atoms with Gasteiger partial charge in [-0.05, 0) is 12.1 Å². The fourth-order valence-corrected chi connectivity index (χ4v) is 1.31. The largest absolute Gasteiger partial charge is 0.374 e. The van der Waals surface area contributed by atoms with Gasteiger partial charge in [0.25, 0.3) is 12.3 Å². The van der Waals surface area contributed by atoms with Gasteiger partial charge in [0, 0.05) is 6.54 Å². The van der Waals surface area contributed by atoms with Crippen LogP contribution in [-0.2, 0) is 4.74 Å². The Labute approximate surface area is 103 Å². The van der Waals surface area contributed by atoms with E-state index >= 15 is 0 Å². The first-order chi connectivity index (χ1) is 8.65. The van der Waals surface area contributed by atoms with Crippen molar-refractivity contribution >= 4 is 11.6 Å². The van der Waals surface area contributed by atoms with E-state index in [1.807, 2.05) is 0 Å². The van der Waals surface area contributed by atoms with Crippen LogP contribution in [0.15, 0.2) is 24.3 Å². The molecule has 1 rings (SSSR count). The van der Waals surface area contributed by atoms with Crippen LogP contribution in [0, 0.1) is 0 Å². The number of amides is 1. The molecule has 1 aromatic rings. The highest BCUT2D eigenvalue weighted by Crippen LogP contribution is 2.12. The number of nitrogens with one attached hydrogen (secondary N) is 2. The summed E-state index contributed by atoms with van der Waals surface area (Å²) in [6.45, 7) is -0.435. The van der Waals surface area contributed by atoms with Crippen molar-refractivity contribution in [3.05, 3.63) is 29.8 Å². The second-order valence-electron chi connectivity index (χ2n) is 3.41. The van der Waals surface area contributed by atoms with Gasteiger partial charge in [-0.15, -0.1) is 0 Å². The fourth-order valence-electron chi connectivity index (χ4n) is 1.31. The number of hydrogen-bond acceptors (Lipinski definition) is 4. The Morgan fingerprint density at radius 1 is 1.39 bits per heavy atom. The number of carbonyl (C=O) groups is 1. The molecule has 0 saturated heterocycles. The van der Waals surface area contributed by atoms with Crippen LogP contribution in [0.2, 0.25) is 0 Å². The molecule has 18 heavy (non-hydrogen) atoms. The summed E-state index contributed by atoms with van der Waals surface area (Å²) in [4.78, 5) is 11.7. The summed E-state index contributed by atoms with van der Waals surface area (Å²) in [6.07, 6.45) is -2.50. The van der Waals surface area contributed by atoms with Gasteiger partial charge in [0.05, 0.1) is 17.9 Å². The molecule has 100 valence electrons. The Morgan fingerprint density at radius 3 is 2.78 bits per heavy atom. The van der Waals surface area contributed by atoms with E-state index in [-0.39, 0.29) is 19.1 Å². The lowest BCUT2D eigenvalue weighted by atomic mass is 10.1. The highest BCUT2D eigenvalue weighted by atomic mass is 19.3. The number of alkyl halides is 2. The molecule has 1 aromatic carbocycles. The number of nitrogen functional groups attached to an aromatic ring is 1. The van der Waals surface area contributed by atoms with Gasteiger partial charge in [-0.25, -0.2) is 8.78 Å². The first kappa shape index (κ1) is 14.3. The Kier molecular flexibility index (Phi) is 6.03. The van der Waals surface area contributed by atoms with E-state index in [2.05, 4.69) is 15.5 Å². The molecule has 4 N–H and O–H groups in total. The zero-order chi connectivity index (χ0) is 13.4. The molecule has 0 aliphatic carbocycles. The van der Waals surface area contributed by atoms with E-state index in [4.69, 9.17) is 5.84 Å². The molecule has 1 amide bonds. The third-order valence-electron chi connectivity index (χ3n) is 2.10. The number of hydrogen-bond donors (Lipinski definition) is 3. The van der Waals surface area contributed by atoms with E-state index < -0.39 is 13.0 Å². The minimum Gasteiger partial charge on any atom is -0.374 e. The topological polar surface area (TPSA) is 76.4 Å². The van der Waals surface area contributed by atoms with E-state index in [9.17, 15) is 13.6 Å². The number of para-hydroxylation sites is 1. The number of nitrogens with two attached hydrogens (primary N) is 1. The zero-order valence-corrected chi connectivity index (χ0v) is 9.66. The summed E-state index contributed by atoms with van der Waals surface area (Å²) < 4.78 is 28.1. The van der Waals surface area contributed by atoms with Crippen molar-refractivity contribution in [3.63, 3.8) is 0 Å². The van der Waals surface area contributed by atoms with Crippen molar-refractivity contribution in [2.45, 2.75) is 6.43 Å². The van der Waals surface area contributed by atoms with Crippen LogP contribution in [0.5, 0.6) is 0 Å². The van der Waals surface area contributed by atoms with Crippen LogP contribution in [0.1, 0.15) is 10.4 Å². The quantitative estimate of drug-likeness (QED) is 0.387. The summed E-state index contributed by atoms with van der Waals surface area (Å²) >= 11 is 0. The summed E-state index contributed by atoms with van der Waals surface area (Å²) in [5, 5.41) is 2.54. The number of benzene rings is 1. The molecule has 0 heterocycles. The molecule has 0 spiro atoms. The standard InChI is InChI=1S/C11H15F2N3O2/c12-10(13)7-18-6-5-15-11(17)8-3-1-2-4-9(8)16-14/h1-4,10,16H,5-7,14H2,(H,15,17). The third kappa shape index (κ3) is 4.64. The number of anilines is 1. The van der Waals surface area contributed by atoms with Crippen molar-refractivity contribution in [3.8, 4) is 0 Å². The van der Waals surface area contributed by atoms with Crippen LogP contribution >= 0.6 is 0 Å².